The fourth-order valence-corrected chi connectivity index (χ4v) is 3.33. The number of ether oxygens (including phenoxy) is 3. The Labute approximate surface area is 154 Å². The Morgan fingerprint density at radius 3 is 2.69 bits per heavy atom. The maximum absolute atomic E-state index is 12.3. The van der Waals surface area contributed by atoms with E-state index in [9.17, 15) is 9.59 Å². The van der Waals surface area contributed by atoms with Gasteiger partial charge in [0.05, 0.1) is 13.2 Å². The van der Waals surface area contributed by atoms with Crippen LogP contribution in [0, 0.1) is 0 Å². The second-order valence-electron chi connectivity index (χ2n) is 7.07. The molecular formula is C21H26O5. The Balaban J connectivity index is 1.67. The van der Waals surface area contributed by atoms with Gasteiger partial charge in [0.1, 0.15) is 6.61 Å². The highest BCUT2D eigenvalue weighted by atomic mass is 16.6. The summed E-state index contributed by atoms with van der Waals surface area (Å²) >= 11 is 0. The fourth-order valence-electron chi connectivity index (χ4n) is 3.33. The monoisotopic (exact) mass is 358 g/mol. The highest BCUT2D eigenvalue weighted by molar-refractivity contribution is 5.91. The normalized spacial score (nSPS) is 26.5. The lowest BCUT2D eigenvalue weighted by molar-refractivity contribution is -0.169. The maximum Gasteiger partial charge on any atom is 0.334 e. The van der Waals surface area contributed by atoms with Crippen LogP contribution in [-0.2, 0) is 30.4 Å². The van der Waals surface area contributed by atoms with Crippen molar-refractivity contribution in [3.05, 3.63) is 47.5 Å². The van der Waals surface area contributed by atoms with E-state index in [4.69, 9.17) is 14.2 Å². The lowest BCUT2D eigenvalue weighted by Crippen LogP contribution is -2.40. The molecule has 0 aliphatic carbocycles. The van der Waals surface area contributed by atoms with Crippen LogP contribution >= 0.6 is 0 Å². The summed E-state index contributed by atoms with van der Waals surface area (Å²) in [4.78, 5) is 24.2. The van der Waals surface area contributed by atoms with Crippen molar-refractivity contribution in [2.75, 3.05) is 13.2 Å². The summed E-state index contributed by atoms with van der Waals surface area (Å²) < 4.78 is 16.9. The molecule has 0 N–H and O–H groups in total. The average Bonchev–Trinajstić information content (AvgIpc) is 2.96. The summed E-state index contributed by atoms with van der Waals surface area (Å²) in [5, 5.41) is 0. The number of fused-ring (bicyclic) bond motifs is 2. The zero-order chi connectivity index (χ0) is 18.2. The van der Waals surface area contributed by atoms with E-state index in [-0.39, 0.29) is 25.2 Å². The van der Waals surface area contributed by atoms with Crippen molar-refractivity contribution >= 4 is 11.9 Å². The highest BCUT2D eigenvalue weighted by Crippen LogP contribution is 2.33. The summed E-state index contributed by atoms with van der Waals surface area (Å²) in [7, 11) is 0. The van der Waals surface area contributed by atoms with E-state index in [0.717, 1.165) is 37.7 Å². The van der Waals surface area contributed by atoms with E-state index in [1.807, 2.05) is 36.4 Å². The van der Waals surface area contributed by atoms with Crippen LogP contribution in [0.4, 0.5) is 0 Å². The van der Waals surface area contributed by atoms with Crippen molar-refractivity contribution in [1.82, 2.24) is 0 Å². The minimum atomic E-state index is -0.915. The van der Waals surface area contributed by atoms with Crippen LogP contribution in [0.25, 0.3) is 0 Å². The molecule has 1 aromatic rings. The van der Waals surface area contributed by atoms with Gasteiger partial charge < -0.3 is 14.2 Å². The van der Waals surface area contributed by atoms with Gasteiger partial charge in [-0.25, -0.2) is 4.79 Å². The van der Waals surface area contributed by atoms with Gasteiger partial charge in [0.2, 0.25) is 0 Å². The first kappa shape index (κ1) is 18.6. The van der Waals surface area contributed by atoms with Gasteiger partial charge in [-0.05, 0) is 24.8 Å². The van der Waals surface area contributed by atoms with Crippen LogP contribution in [0.1, 0.15) is 50.5 Å². The van der Waals surface area contributed by atoms with E-state index in [1.54, 1.807) is 0 Å². The number of hydrogen-bond donors (Lipinski definition) is 0. The van der Waals surface area contributed by atoms with Crippen molar-refractivity contribution in [2.24, 2.45) is 0 Å². The van der Waals surface area contributed by atoms with E-state index in [0.29, 0.717) is 25.0 Å². The summed E-state index contributed by atoms with van der Waals surface area (Å²) in [6.07, 6.45) is 7.59. The molecule has 2 aliphatic heterocycles. The summed E-state index contributed by atoms with van der Waals surface area (Å²) in [6.45, 7) is 0.676. The maximum atomic E-state index is 12.3. The summed E-state index contributed by atoms with van der Waals surface area (Å²) in [5.41, 5.74) is 0.802. The number of cyclic esters (lactones) is 1. The molecule has 140 valence electrons. The van der Waals surface area contributed by atoms with Crippen molar-refractivity contribution in [1.29, 1.82) is 0 Å². The molecule has 0 spiro atoms. The lowest BCUT2D eigenvalue weighted by atomic mass is 9.98. The molecule has 5 nitrogen and oxygen atoms in total. The van der Waals surface area contributed by atoms with Gasteiger partial charge in [0, 0.05) is 18.4 Å². The number of carbonyl (C=O) groups is 2. The smallest absolute Gasteiger partial charge is 0.334 e. The van der Waals surface area contributed by atoms with Gasteiger partial charge in [-0.15, -0.1) is 0 Å². The molecule has 1 unspecified atom stereocenters. The van der Waals surface area contributed by atoms with Crippen LogP contribution in [0.3, 0.4) is 0 Å². The molecule has 2 heterocycles. The zero-order valence-corrected chi connectivity index (χ0v) is 15.1. The van der Waals surface area contributed by atoms with Gasteiger partial charge in [-0.2, -0.15) is 0 Å². The van der Waals surface area contributed by atoms with Crippen molar-refractivity contribution < 1.29 is 23.8 Å². The first-order valence-corrected chi connectivity index (χ1v) is 9.37. The summed E-state index contributed by atoms with van der Waals surface area (Å²) in [5.74, 6) is -0.554. The minimum Gasteiger partial charge on any atom is -0.461 e. The molecule has 1 saturated heterocycles. The molecule has 5 heteroatoms. The number of hydrogen-bond acceptors (Lipinski definition) is 5. The third kappa shape index (κ3) is 5.18. The number of benzene rings is 1. The lowest BCUT2D eigenvalue weighted by Gasteiger charge is -2.26. The Bertz CT molecular complexity index is 652. The van der Waals surface area contributed by atoms with Crippen molar-refractivity contribution in [3.8, 4) is 0 Å². The third-order valence-electron chi connectivity index (χ3n) is 4.78. The number of esters is 2. The molecule has 0 aromatic heterocycles. The Hall–Kier alpha value is -2.14. The quantitative estimate of drug-likeness (QED) is 0.768. The van der Waals surface area contributed by atoms with Gasteiger partial charge >= 0.3 is 11.9 Å². The van der Waals surface area contributed by atoms with Crippen molar-refractivity contribution in [3.63, 3.8) is 0 Å². The van der Waals surface area contributed by atoms with E-state index in [2.05, 4.69) is 0 Å². The second-order valence-corrected chi connectivity index (χ2v) is 7.07. The molecule has 26 heavy (non-hydrogen) atoms. The molecule has 1 atom stereocenters. The highest BCUT2D eigenvalue weighted by Gasteiger charge is 2.45. The average molecular weight is 358 g/mol. The molecular weight excluding hydrogens is 332 g/mol. The van der Waals surface area contributed by atoms with E-state index >= 15 is 0 Å². The van der Waals surface area contributed by atoms with Gasteiger partial charge in [-0.3, -0.25) is 4.79 Å². The molecule has 2 bridgehead atoms. The Morgan fingerprint density at radius 1 is 1.04 bits per heavy atom. The van der Waals surface area contributed by atoms with Crippen LogP contribution in [0.5, 0.6) is 0 Å². The van der Waals surface area contributed by atoms with Crippen LogP contribution < -0.4 is 0 Å². The third-order valence-corrected chi connectivity index (χ3v) is 4.78. The standard InChI is InChI=1S/C21H26O5/c22-19-12-8-3-1-2-7-11-18-13-21(16-25-19,26-20(18)23)15-24-14-17-9-5-4-6-10-17/h4-6,9-11H,1-3,7-8,12-16H2/b18-11+. The van der Waals surface area contributed by atoms with Gasteiger partial charge in [-0.1, -0.05) is 49.2 Å². The SMILES string of the molecule is O=C1CCCCCC/C=C2\CC(COCc3ccccc3)(CO1)OC2=O. The van der Waals surface area contributed by atoms with Crippen molar-refractivity contribution in [2.45, 2.75) is 57.2 Å². The first-order valence-electron chi connectivity index (χ1n) is 9.37. The first-order chi connectivity index (χ1) is 12.7. The predicted molar refractivity (Wildman–Crippen MR) is 96.3 cm³/mol. The van der Waals surface area contributed by atoms with E-state index in [1.165, 1.54) is 0 Å². The molecule has 3 rings (SSSR count). The zero-order valence-electron chi connectivity index (χ0n) is 15.1. The Morgan fingerprint density at radius 2 is 1.85 bits per heavy atom. The van der Waals surface area contributed by atoms with Gasteiger partial charge in [0.25, 0.3) is 0 Å². The minimum absolute atomic E-state index is 0.0453. The van der Waals surface area contributed by atoms with Crippen LogP contribution in [0.15, 0.2) is 42.0 Å². The van der Waals surface area contributed by atoms with Crippen LogP contribution in [0.2, 0.25) is 0 Å². The molecule has 1 fully saturated rings. The topological polar surface area (TPSA) is 61.8 Å². The van der Waals surface area contributed by atoms with Gasteiger partial charge in [0.15, 0.2) is 5.60 Å². The Kier molecular flexibility index (Phi) is 6.45. The molecule has 0 radical (unpaired) electrons. The number of allylic oxidation sites excluding steroid dienone is 1. The van der Waals surface area contributed by atoms with E-state index < -0.39 is 5.60 Å². The predicted octanol–water partition coefficient (Wildman–Crippen LogP) is 3.71. The number of rotatable bonds is 4. The largest absolute Gasteiger partial charge is 0.461 e. The molecule has 2 aliphatic rings. The fraction of sp³-hybridized carbons (Fsp3) is 0.524. The number of carbonyl (C=O) groups excluding carboxylic acids is 2. The van der Waals surface area contributed by atoms with Crippen LogP contribution in [-0.4, -0.2) is 30.8 Å². The molecule has 0 amide bonds. The second kappa shape index (κ2) is 8.99. The molecule has 0 saturated carbocycles. The molecule has 1 aromatic carbocycles. The summed E-state index contributed by atoms with van der Waals surface area (Å²) in [6, 6.07) is 9.82.